The lowest BCUT2D eigenvalue weighted by molar-refractivity contribution is -0.00555. The number of likely N-dealkylation sites (tertiary alicyclic amines) is 1. The van der Waals surface area contributed by atoms with Gasteiger partial charge in [0.2, 0.25) is 0 Å². The molecule has 3 unspecified atom stereocenters. The van der Waals surface area contributed by atoms with Crippen LogP contribution >= 0.6 is 0 Å². The standard InChI is InChI=1S/C18H30N2O/c1-13-9-14(2)11-16(10-13)17(19)6-8-20-7-5-15(3)18(12-20)21-4/h9-11,15,17-18H,5-8,12,19H2,1-4H3. The van der Waals surface area contributed by atoms with Crippen molar-refractivity contribution in [2.45, 2.75) is 45.8 Å². The number of rotatable bonds is 5. The zero-order chi connectivity index (χ0) is 15.4. The summed E-state index contributed by atoms with van der Waals surface area (Å²) in [6.07, 6.45) is 2.60. The number of piperidine rings is 1. The van der Waals surface area contributed by atoms with E-state index in [0.717, 1.165) is 19.5 Å². The number of nitrogens with zero attached hydrogens (tertiary/aromatic N) is 1. The van der Waals surface area contributed by atoms with Crippen LogP contribution in [-0.4, -0.2) is 37.7 Å². The summed E-state index contributed by atoms with van der Waals surface area (Å²) in [5.41, 5.74) is 10.2. The molecule has 0 aromatic heterocycles. The topological polar surface area (TPSA) is 38.5 Å². The lowest BCUT2D eigenvalue weighted by Gasteiger charge is -2.36. The molecule has 21 heavy (non-hydrogen) atoms. The number of aryl methyl sites for hydroxylation is 2. The van der Waals surface area contributed by atoms with Crippen molar-refractivity contribution in [2.24, 2.45) is 11.7 Å². The van der Waals surface area contributed by atoms with E-state index in [4.69, 9.17) is 10.5 Å². The van der Waals surface area contributed by atoms with Gasteiger partial charge >= 0.3 is 0 Å². The third-order valence-electron chi connectivity index (χ3n) is 4.70. The number of hydrogen-bond acceptors (Lipinski definition) is 3. The highest BCUT2D eigenvalue weighted by atomic mass is 16.5. The Morgan fingerprint density at radius 2 is 1.95 bits per heavy atom. The lowest BCUT2D eigenvalue weighted by Crippen LogP contribution is -2.44. The lowest BCUT2D eigenvalue weighted by atomic mass is 9.95. The van der Waals surface area contributed by atoms with E-state index in [2.05, 4.69) is 43.9 Å². The molecule has 1 aromatic carbocycles. The second-order valence-electron chi connectivity index (χ2n) is 6.66. The molecule has 1 aromatic rings. The molecule has 2 N–H and O–H groups in total. The molecule has 118 valence electrons. The Hall–Kier alpha value is -0.900. The molecule has 3 heteroatoms. The molecule has 0 amide bonds. The fourth-order valence-corrected chi connectivity index (χ4v) is 3.32. The Morgan fingerprint density at radius 3 is 2.57 bits per heavy atom. The van der Waals surface area contributed by atoms with Crippen LogP contribution in [0.3, 0.4) is 0 Å². The summed E-state index contributed by atoms with van der Waals surface area (Å²) in [6.45, 7) is 9.82. The first-order valence-corrected chi connectivity index (χ1v) is 8.08. The van der Waals surface area contributed by atoms with Crippen LogP contribution in [0, 0.1) is 19.8 Å². The predicted molar refractivity (Wildman–Crippen MR) is 88.5 cm³/mol. The molecule has 1 aliphatic heterocycles. The van der Waals surface area contributed by atoms with Crippen LogP contribution in [0.4, 0.5) is 0 Å². The minimum Gasteiger partial charge on any atom is -0.380 e. The fraction of sp³-hybridized carbons (Fsp3) is 0.667. The van der Waals surface area contributed by atoms with Crippen molar-refractivity contribution in [1.82, 2.24) is 4.90 Å². The first-order valence-electron chi connectivity index (χ1n) is 8.08. The quantitative estimate of drug-likeness (QED) is 0.906. The highest BCUT2D eigenvalue weighted by Gasteiger charge is 2.25. The summed E-state index contributed by atoms with van der Waals surface area (Å²) in [7, 11) is 1.83. The molecule has 3 atom stereocenters. The Balaban J connectivity index is 1.87. The minimum absolute atomic E-state index is 0.129. The maximum atomic E-state index is 6.39. The van der Waals surface area contributed by atoms with Gasteiger partial charge in [-0.2, -0.15) is 0 Å². The second kappa shape index (κ2) is 7.39. The number of nitrogens with two attached hydrogens (primary N) is 1. The van der Waals surface area contributed by atoms with Crippen molar-refractivity contribution in [3.63, 3.8) is 0 Å². The Morgan fingerprint density at radius 1 is 1.29 bits per heavy atom. The second-order valence-corrected chi connectivity index (χ2v) is 6.66. The zero-order valence-corrected chi connectivity index (χ0v) is 13.9. The van der Waals surface area contributed by atoms with Crippen molar-refractivity contribution in [2.75, 3.05) is 26.7 Å². The summed E-state index contributed by atoms with van der Waals surface area (Å²) < 4.78 is 5.58. The average molecular weight is 290 g/mol. The maximum Gasteiger partial charge on any atom is 0.0724 e. The molecule has 1 saturated heterocycles. The van der Waals surface area contributed by atoms with E-state index in [1.165, 1.54) is 29.7 Å². The van der Waals surface area contributed by atoms with Gasteiger partial charge < -0.3 is 15.4 Å². The molecule has 1 heterocycles. The zero-order valence-electron chi connectivity index (χ0n) is 13.9. The Labute approximate surface area is 129 Å². The van der Waals surface area contributed by atoms with E-state index in [-0.39, 0.29) is 6.04 Å². The number of benzene rings is 1. The fourth-order valence-electron chi connectivity index (χ4n) is 3.32. The van der Waals surface area contributed by atoms with Crippen molar-refractivity contribution < 1.29 is 4.74 Å². The average Bonchev–Trinajstić information content (AvgIpc) is 2.45. The highest BCUT2D eigenvalue weighted by Crippen LogP contribution is 2.22. The summed E-state index contributed by atoms with van der Waals surface area (Å²) in [4.78, 5) is 2.50. The van der Waals surface area contributed by atoms with Crippen LogP contribution in [0.1, 0.15) is 42.5 Å². The van der Waals surface area contributed by atoms with Gasteiger partial charge in [0, 0.05) is 26.2 Å². The molecular weight excluding hydrogens is 260 g/mol. The van der Waals surface area contributed by atoms with Gasteiger partial charge in [-0.25, -0.2) is 0 Å². The molecular formula is C18H30N2O. The maximum absolute atomic E-state index is 6.39. The molecule has 0 saturated carbocycles. The summed E-state index contributed by atoms with van der Waals surface area (Å²) >= 11 is 0. The van der Waals surface area contributed by atoms with E-state index in [1.54, 1.807) is 0 Å². The summed E-state index contributed by atoms with van der Waals surface area (Å²) in [5, 5.41) is 0. The van der Waals surface area contributed by atoms with E-state index in [9.17, 15) is 0 Å². The number of methoxy groups -OCH3 is 1. The summed E-state index contributed by atoms with van der Waals surface area (Å²) in [5.74, 6) is 0.666. The normalized spacial score (nSPS) is 25.0. The molecule has 0 spiro atoms. The number of ether oxygens (including phenoxy) is 1. The SMILES string of the molecule is COC1CN(CCC(N)c2cc(C)cc(C)c2)CCC1C. The molecule has 2 rings (SSSR count). The monoisotopic (exact) mass is 290 g/mol. The van der Waals surface area contributed by atoms with E-state index in [1.807, 2.05) is 7.11 Å². The van der Waals surface area contributed by atoms with Gasteiger partial charge in [-0.3, -0.25) is 0 Å². The first-order chi connectivity index (χ1) is 9.99. The largest absolute Gasteiger partial charge is 0.380 e. The molecule has 0 bridgehead atoms. The number of hydrogen-bond donors (Lipinski definition) is 1. The van der Waals surface area contributed by atoms with Crippen LogP contribution in [0.15, 0.2) is 18.2 Å². The van der Waals surface area contributed by atoms with E-state index < -0.39 is 0 Å². The van der Waals surface area contributed by atoms with Gasteiger partial charge in [0.15, 0.2) is 0 Å². The molecule has 0 aliphatic carbocycles. The van der Waals surface area contributed by atoms with Gasteiger partial charge in [0.1, 0.15) is 0 Å². The van der Waals surface area contributed by atoms with Gasteiger partial charge in [0.25, 0.3) is 0 Å². The van der Waals surface area contributed by atoms with Gasteiger partial charge in [-0.1, -0.05) is 36.2 Å². The first kappa shape index (κ1) is 16.5. The predicted octanol–water partition coefficient (Wildman–Crippen LogP) is 3.05. The third-order valence-corrected chi connectivity index (χ3v) is 4.70. The third kappa shape index (κ3) is 4.53. The van der Waals surface area contributed by atoms with E-state index >= 15 is 0 Å². The van der Waals surface area contributed by atoms with Crippen LogP contribution in [0.5, 0.6) is 0 Å². The minimum atomic E-state index is 0.129. The van der Waals surface area contributed by atoms with Crippen LogP contribution < -0.4 is 5.73 Å². The van der Waals surface area contributed by atoms with Crippen molar-refractivity contribution in [3.05, 3.63) is 34.9 Å². The van der Waals surface area contributed by atoms with Gasteiger partial charge in [-0.05, 0) is 44.7 Å². The highest BCUT2D eigenvalue weighted by molar-refractivity contribution is 5.30. The Kier molecular flexibility index (Phi) is 5.80. The van der Waals surface area contributed by atoms with Gasteiger partial charge in [-0.15, -0.1) is 0 Å². The smallest absolute Gasteiger partial charge is 0.0724 e. The van der Waals surface area contributed by atoms with E-state index in [0.29, 0.717) is 12.0 Å². The summed E-state index contributed by atoms with van der Waals surface area (Å²) in [6, 6.07) is 6.76. The Bertz CT molecular complexity index is 440. The molecule has 0 radical (unpaired) electrons. The van der Waals surface area contributed by atoms with Crippen LogP contribution in [-0.2, 0) is 4.74 Å². The van der Waals surface area contributed by atoms with Crippen molar-refractivity contribution >= 4 is 0 Å². The van der Waals surface area contributed by atoms with Crippen LogP contribution in [0.25, 0.3) is 0 Å². The van der Waals surface area contributed by atoms with Crippen molar-refractivity contribution in [3.8, 4) is 0 Å². The van der Waals surface area contributed by atoms with Crippen LogP contribution in [0.2, 0.25) is 0 Å². The van der Waals surface area contributed by atoms with Gasteiger partial charge in [0.05, 0.1) is 6.10 Å². The molecule has 3 nitrogen and oxygen atoms in total. The molecule has 1 fully saturated rings. The van der Waals surface area contributed by atoms with Crippen molar-refractivity contribution in [1.29, 1.82) is 0 Å². The molecule has 1 aliphatic rings.